The maximum Gasteiger partial charge on any atom is 0.240 e. The lowest BCUT2D eigenvalue weighted by Crippen LogP contribution is -2.32. The minimum Gasteiger partial charge on any atom is -0.497 e. The Bertz CT molecular complexity index is 1410. The number of para-hydroxylation sites is 2. The van der Waals surface area contributed by atoms with Crippen molar-refractivity contribution in [2.24, 2.45) is 5.73 Å². The van der Waals surface area contributed by atoms with Crippen molar-refractivity contribution >= 4 is 50.9 Å². The zero-order valence-corrected chi connectivity index (χ0v) is 22.8. The Hall–Kier alpha value is -4.22. The van der Waals surface area contributed by atoms with E-state index in [0.29, 0.717) is 44.6 Å². The molecule has 0 aliphatic carbocycles. The van der Waals surface area contributed by atoms with Gasteiger partial charge in [-0.1, -0.05) is 32.0 Å². The second-order valence-electron chi connectivity index (χ2n) is 7.81. The SMILES string of the molecule is CC.COc1cc(Nc2nc3ccccc3nc2NS(=O)c2cccc(NC(=O)C(C)N)c2)cc(OC)c1. The summed E-state index contributed by atoms with van der Waals surface area (Å²) in [5, 5.41) is 5.92. The van der Waals surface area contributed by atoms with Crippen LogP contribution in [0.5, 0.6) is 11.5 Å². The molecule has 4 aromatic rings. The minimum atomic E-state index is -1.72. The summed E-state index contributed by atoms with van der Waals surface area (Å²) >= 11 is 0. The molecule has 4 rings (SSSR count). The average molecular weight is 537 g/mol. The summed E-state index contributed by atoms with van der Waals surface area (Å²) in [4.78, 5) is 21.7. The number of aromatic nitrogens is 2. The summed E-state index contributed by atoms with van der Waals surface area (Å²) in [6.45, 7) is 5.59. The number of amides is 1. The van der Waals surface area contributed by atoms with Crippen molar-refractivity contribution in [1.29, 1.82) is 0 Å². The molecule has 0 aliphatic rings. The summed E-state index contributed by atoms with van der Waals surface area (Å²) in [5.41, 5.74) is 8.04. The Morgan fingerprint density at radius 1 is 0.868 bits per heavy atom. The van der Waals surface area contributed by atoms with Gasteiger partial charge in [-0.25, -0.2) is 14.2 Å². The molecule has 0 fully saturated rings. The van der Waals surface area contributed by atoms with E-state index in [4.69, 9.17) is 15.2 Å². The summed E-state index contributed by atoms with van der Waals surface area (Å²) in [6, 6.07) is 18.7. The molecule has 10 nitrogen and oxygen atoms in total. The number of fused-ring (bicyclic) bond motifs is 1. The Morgan fingerprint density at radius 3 is 2.05 bits per heavy atom. The smallest absolute Gasteiger partial charge is 0.240 e. The van der Waals surface area contributed by atoms with Crippen molar-refractivity contribution in [2.75, 3.05) is 29.6 Å². The quantitative estimate of drug-likeness (QED) is 0.238. The van der Waals surface area contributed by atoms with Gasteiger partial charge >= 0.3 is 0 Å². The fraction of sp³-hybridized carbons (Fsp3) is 0.222. The summed E-state index contributed by atoms with van der Waals surface area (Å²) in [6.07, 6.45) is 0. The van der Waals surface area contributed by atoms with Crippen LogP contribution in [0.25, 0.3) is 11.0 Å². The lowest BCUT2D eigenvalue weighted by Gasteiger charge is -2.15. The van der Waals surface area contributed by atoms with Crippen LogP contribution in [0.2, 0.25) is 0 Å². The molecule has 3 aromatic carbocycles. The molecule has 1 aromatic heterocycles. The van der Waals surface area contributed by atoms with E-state index in [1.54, 1.807) is 63.6 Å². The molecule has 2 unspecified atom stereocenters. The zero-order chi connectivity index (χ0) is 27.7. The van der Waals surface area contributed by atoms with E-state index in [9.17, 15) is 9.00 Å². The summed E-state index contributed by atoms with van der Waals surface area (Å²) < 4.78 is 26.9. The molecule has 0 radical (unpaired) electrons. The van der Waals surface area contributed by atoms with Crippen molar-refractivity contribution in [3.8, 4) is 11.5 Å². The zero-order valence-electron chi connectivity index (χ0n) is 21.9. The number of hydrogen-bond acceptors (Lipinski definition) is 8. The molecule has 0 spiro atoms. The number of carbonyl (C=O) groups is 1. The highest BCUT2D eigenvalue weighted by atomic mass is 32.2. The standard InChI is InChI=1S/C25H26N6O4S.C2H6/c1-15(26)25(32)28-16-7-6-8-20(13-16)36(33)31-24-23(29-21-9-4-5-10-22(21)30-24)27-17-11-18(34-2)14-19(12-17)35-3;1-2/h4-15H,26H2,1-3H3,(H,27,29)(H,28,32)(H,30,31);1-2H3. The first-order chi connectivity index (χ1) is 18.4. The molecule has 1 amide bonds. The first-order valence-electron chi connectivity index (χ1n) is 12.0. The van der Waals surface area contributed by atoms with Crippen LogP contribution in [0, 0.1) is 0 Å². The van der Waals surface area contributed by atoms with Crippen molar-refractivity contribution < 1.29 is 18.5 Å². The van der Waals surface area contributed by atoms with E-state index in [0.717, 1.165) is 0 Å². The Kier molecular flexibility index (Phi) is 9.97. The van der Waals surface area contributed by atoms with Crippen LogP contribution in [0.15, 0.2) is 71.6 Å². The van der Waals surface area contributed by atoms with Gasteiger partial charge in [-0.2, -0.15) is 0 Å². The molecular formula is C27H32N6O4S. The number of rotatable bonds is 9. The number of nitrogens with two attached hydrogens (primary N) is 1. The van der Waals surface area contributed by atoms with Gasteiger partial charge < -0.3 is 25.8 Å². The van der Waals surface area contributed by atoms with E-state index in [-0.39, 0.29) is 11.7 Å². The maximum absolute atomic E-state index is 13.3. The average Bonchev–Trinajstić information content (AvgIpc) is 2.94. The number of hydrogen-bond donors (Lipinski definition) is 4. The van der Waals surface area contributed by atoms with Gasteiger partial charge in [0.25, 0.3) is 0 Å². The van der Waals surface area contributed by atoms with E-state index < -0.39 is 17.0 Å². The normalized spacial score (nSPS) is 11.9. The van der Waals surface area contributed by atoms with E-state index >= 15 is 0 Å². The number of nitrogens with one attached hydrogen (secondary N) is 3. The van der Waals surface area contributed by atoms with Crippen molar-refractivity contribution in [3.63, 3.8) is 0 Å². The van der Waals surface area contributed by atoms with Crippen molar-refractivity contribution in [3.05, 3.63) is 66.7 Å². The van der Waals surface area contributed by atoms with Gasteiger partial charge in [0.15, 0.2) is 22.6 Å². The summed E-state index contributed by atoms with van der Waals surface area (Å²) in [5.74, 6) is 1.48. The largest absolute Gasteiger partial charge is 0.497 e. The third-order valence-electron chi connectivity index (χ3n) is 5.10. The van der Waals surface area contributed by atoms with E-state index in [1.807, 2.05) is 38.1 Å². The number of anilines is 4. The fourth-order valence-electron chi connectivity index (χ4n) is 3.27. The molecule has 0 saturated heterocycles. The number of methoxy groups -OCH3 is 2. The van der Waals surface area contributed by atoms with Crippen LogP contribution in [0.1, 0.15) is 20.8 Å². The van der Waals surface area contributed by atoms with Gasteiger partial charge in [0.1, 0.15) is 11.5 Å². The number of ether oxygens (including phenoxy) is 2. The van der Waals surface area contributed by atoms with Crippen LogP contribution >= 0.6 is 0 Å². The van der Waals surface area contributed by atoms with Gasteiger partial charge in [-0.15, -0.1) is 0 Å². The topological polar surface area (TPSA) is 140 Å². The van der Waals surface area contributed by atoms with Gasteiger partial charge in [-0.3, -0.25) is 9.52 Å². The molecule has 38 heavy (non-hydrogen) atoms. The molecule has 5 N–H and O–H groups in total. The van der Waals surface area contributed by atoms with Crippen molar-refractivity contribution in [2.45, 2.75) is 31.7 Å². The van der Waals surface area contributed by atoms with Crippen molar-refractivity contribution in [1.82, 2.24) is 9.97 Å². The summed E-state index contributed by atoms with van der Waals surface area (Å²) in [7, 11) is 1.41. The fourth-order valence-corrected chi connectivity index (χ4v) is 4.14. The van der Waals surface area contributed by atoms with Crippen LogP contribution in [0.3, 0.4) is 0 Å². The Balaban J connectivity index is 0.00000195. The van der Waals surface area contributed by atoms with Gasteiger partial charge in [-0.05, 0) is 37.3 Å². The Labute approximate surface area is 224 Å². The number of nitrogens with zero attached hydrogens (tertiary/aromatic N) is 2. The highest BCUT2D eigenvalue weighted by Gasteiger charge is 2.15. The molecular weight excluding hydrogens is 504 g/mol. The third-order valence-corrected chi connectivity index (χ3v) is 6.16. The van der Waals surface area contributed by atoms with Gasteiger partial charge in [0.05, 0.1) is 36.2 Å². The lowest BCUT2D eigenvalue weighted by molar-refractivity contribution is -0.117. The Morgan fingerprint density at radius 2 is 1.47 bits per heavy atom. The minimum absolute atomic E-state index is 0.277. The molecule has 0 aliphatic heterocycles. The highest BCUT2D eigenvalue weighted by Crippen LogP contribution is 2.31. The first kappa shape index (κ1) is 28.4. The molecule has 0 saturated carbocycles. The third kappa shape index (κ3) is 7.17. The molecule has 11 heteroatoms. The van der Waals surface area contributed by atoms with Crippen LogP contribution in [-0.2, 0) is 15.8 Å². The molecule has 200 valence electrons. The lowest BCUT2D eigenvalue weighted by atomic mass is 10.2. The predicted molar refractivity (Wildman–Crippen MR) is 152 cm³/mol. The number of benzene rings is 3. The van der Waals surface area contributed by atoms with Gasteiger partial charge in [0, 0.05) is 29.6 Å². The monoisotopic (exact) mass is 536 g/mol. The first-order valence-corrected chi connectivity index (χ1v) is 13.1. The molecule has 0 bridgehead atoms. The van der Waals surface area contributed by atoms with Crippen LogP contribution in [0.4, 0.5) is 23.0 Å². The van der Waals surface area contributed by atoms with Gasteiger partial charge in [0.2, 0.25) is 5.91 Å². The van der Waals surface area contributed by atoms with Crippen LogP contribution in [-0.4, -0.2) is 40.3 Å². The molecule has 1 heterocycles. The highest BCUT2D eigenvalue weighted by molar-refractivity contribution is 7.86. The van der Waals surface area contributed by atoms with E-state index in [2.05, 4.69) is 25.3 Å². The van der Waals surface area contributed by atoms with E-state index in [1.165, 1.54) is 0 Å². The predicted octanol–water partition coefficient (Wildman–Crippen LogP) is 4.84. The molecule has 2 atom stereocenters. The second kappa shape index (κ2) is 13.4. The van der Waals surface area contributed by atoms with Crippen LogP contribution < -0.4 is 30.6 Å². The maximum atomic E-state index is 13.3. The number of carbonyl (C=O) groups excluding carboxylic acids is 1. The second-order valence-corrected chi connectivity index (χ2v) is 9.03.